The first-order valence-electron chi connectivity index (χ1n) is 5.45. The molecule has 0 aromatic rings. The zero-order chi connectivity index (χ0) is 11.3. The molecule has 1 rings (SSSR count). The number of halogens is 1. The molecular formula is C11H20INO2. The predicted octanol–water partition coefficient (Wildman–Crippen LogP) is 1.39. The van der Waals surface area contributed by atoms with Crippen LogP contribution >= 0.6 is 22.6 Å². The smallest absolute Gasteiger partial charge is 0.0617 e. The lowest BCUT2D eigenvalue weighted by molar-refractivity contribution is -0.0350. The standard InChI is InChI=1S/C11H20INO2/c1-13-7-5-11(15)9(8-13)10(14)4-2-3-6-12/h3,6,9-11,14-15H,2,4-5,7-8H2,1H3/b6-3+/i12-4. The third-order valence-electron chi connectivity index (χ3n) is 3.04. The second-order valence-electron chi connectivity index (χ2n) is 4.29. The van der Waals surface area contributed by atoms with Crippen molar-refractivity contribution in [3.05, 3.63) is 10.2 Å². The summed E-state index contributed by atoms with van der Waals surface area (Å²) in [6.45, 7) is 1.73. The van der Waals surface area contributed by atoms with Gasteiger partial charge >= 0.3 is 0 Å². The average molecular weight is 321 g/mol. The van der Waals surface area contributed by atoms with E-state index in [-0.39, 0.29) is 18.1 Å². The van der Waals surface area contributed by atoms with E-state index in [4.69, 9.17) is 0 Å². The molecule has 3 unspecified atom stereocenters. The van der Waals surface area contributed by atoms with E-state index in [9.17, 15) is 10.2 Å². The fraction of sp³-hybridized carbons (Fsp3) is 0.818. The van der Waals surface area contributed by atoms with E-state index in [1.165, 1.54) is 0 Å². The fourth-order valence-corrected chi connectivity index (χ4v) is 2.42. The largest absolute Gasteiger partial charge is 0.393 e. The van der Waals surface area contributed by atoms with Gasteiger partial charge in [0.1, 0.15) is 0 Å². The lowest BCUT2D eigenvalue weighted by atomic mass is 9.88. The third kappa shape index (κ3) is 4.38. The molecule has 0 bridgehead atoms. The molecule has 2 N–H and O–H groups in total. The summed E-state index contributed by atoms with van der Waals surface area (Å²) in [7, 11) is 2.04. The van der Waals surface area contributed by atoms with Crippen molar-refractivity contribution in [1.82, 2.24) is 4.90 Å². The van der Waals surface area contributed by atoms with Crippen LogP contribution in [0.15, 0.2) is 10.2 Å². The number of aliphatic hydroxyl groups excluding tert-OH is 2. The van der Waals surface area contributed by atoms with Crippen molar-refractivity contribution in [3.8, 4) is 0 Å². The highest BCUT2D eigenvalue weighted by Gasteiger charge is 2.31. The van der Waals surface area contributed by atoms with Crippen LogP contribution < -0.4 is 0 Å². The zero-order valence-electron chi connectivity index (χ0n) is 9.14. The SMILES string of the molecule is CN1CCC(O)C(C(O)CC/C=C/[123I])C1. The van der Waals surface area contributed by atoms with Crippen LogP contribution in [0.5, 0.6) is 0 Å². The topological polar surface area (TPSA) is 43.7 Å². The van der Waals surface area contributed by atoms with Crippen LogP contribution in [0.1, 0.15) is 19.3 Å². The van der Waals surface area contributed by atoms with Crippen molar-refractivity contribution in [3.63, 3.8) is 0 Å². The summed E-state index contributed by atoms with van der Waals surface area (Å²) in [4.78, 5) is 2.18. The zero-order valence-corrected chi connectivity index (χ0v) is 11.3. The molecule has 3 atom stereocenters. The van der Waals surface area contributed by atoms with E-state index in [1.807, 2.05) is 17.2 Å². The summed E-state index contributed by atoms with van der Waals surface area (Å²) in [5, 5.41) is 19.8. The van der Waals surface area contributed by atoms with Crippen LogP contribution in [0.3, 0.4) is 0 Å². The lowest BCUT2D eigenvalue weighted by Crippen LogP contribution is -2.46. The maximum absolute atomic E-state index is 9.97. The van der Waals surface area contributed by atoms with E-state index in [0.717, 1.165) is 32.4 Å². The number of hydrogen-bond donors (Lipinski definition) is 2. The Balaban J connectivity index is 2.38. The Kier molecular flexibility index (Phi) is 6.11. The number of piperidine rings is 1. The quantitative estimate of drug-likeness (QED) is 0.769. The lowest BCUT2D eigenvalue weighted by Gasteiger charge is -2.36. The minimum atomic E-state index is -0.379. The molecule has 4 heteroatoms. The Morgan fingerprint density at radius 1 is 1.60 bits per heavy atom. The maximum atomic E-state index is 9.97. The van der Waals surface area contributed by atoms with Gasteiger partial charge in [0, 0.05) is 19.0 Å². The Morgan fingerprint density at radius 3 is 3.00 bits per heavy atom. The van der Waals surface area contributed by atoms with Gasteiger partial charge in [0.25, 0.3) is 0 Å². The molecular weight excluding hydrogens is 301 g/mol. The van der Waals surface area contributed by atoms with Gasteiger partial charge < -0.3 is 15.1 Å². The number of allylic oxidation sites excluding steroid dienone is 1. The van der Waals surface area contributed by atoms with Crippen molar-refractivity contribution in [2.24, 2.45) is 5.92 Å². The summed E-state index contributed by atoms with van der Waals surface area (Å²) in [6.07, 6.45) is 3.74. The van der Waals surface area contributed by atoms with Crippen LogP contribution in [0.25, 0.3) is 0 Å². The van der Waals surface area contributed by atoms with E-state index in [1.54, 1.807) is 0 Å². The van der Waals surface area contributed by atoms with E-state index < -0.39 is 0 Å². The van der Waals surface area contributed by atoms with E-state index >= 15 is 0 Å². The molecule has 3 nitrogen and oxygen atoms in total. The molecule has 1 saturated heterocycles. The van der Waals surface area contributed by atoms with Crippen LogP contribution in [-0.4, -0.2) is 47.5 Å². The monoisotopic (exact) mass is 321 g/mol. The number of nitrogens with zero attached hydrogens (tertiary/aromatic N) is 1. The number of hydrogen-bond acceptors (Lipinski definition) is 3. The van der Waals surface area contributed by atoms with Gasteiger partial charge in [-0.15, -0.1) is 0 Å². The summed E-state index contributed by atoms with van der Waals surface area (Å²) in [5.41, 5.74) is 0. The summed E-state index contributed by atoms with van der Waals surface area (Å²) in [6, 6.07) is 0. The predicted molar refractivity (Wildman–Crippen MR) is 70.0 cm³/mol. The van der Waals surface area contributed by atoms with Gasteiger partial charge in [-0.2, -0.15) is 0 Å². The second-order valence-corrected chi connectivity index (χ2v) is 5.01. The minimum absolute atomic E-state index is 0.0198. The summed E-state index contributed by atoms with van der Waals surface area (Å²) < 4.78 is 1.97. The molecule has 0 aliphatic carbocycles. The van der Waals surface area contributed by atoms with Gasteiger partial charge in [-0.1, -0.05) is 28.7 Å². The van der Waals surface area contributed by atoms with Crippen molar-refractivity contribution >= 4 is 22.6 Å². The molecule has 15 heavy (non-hydrogen) atoms. The van der Waals surface area contributed by atoms with Gasteiger partial charge in [-0.3, -0.25) is 0 Å². The third-order valence-corrected chi connectivity index (χ3v) is 3.54. The van der Waals surface area contributed by atoms with Gasteiger partial charge in [-0.25, -0.2) is 0 Å². The highest BCUT2D eigenvalue weighted by atomic mass is 123. The van der Waals surface area contributed by atoms with Gasteiger partial charge in [0.2, 0.25) is 0 Å². The van der Waals surface area contributed by atoms with Crippen molar-refractivity contribution in [1.29, 1.82) is 0 Å². The van der Waals surface area contributed by atoms with Crippen LogP contribution in [-0.2, 0) is 0 Å². The molecule has 0 spiro atoms. The van der Waals surface area contributed by atoms with Crippen molar-refractivity contribution in [2.45, 2.75) is 31.5 Å². The first kappa shape index (κ1) is 13.4. The first-order valence-corrected chi connectivity index (χ1v) is 6.69. The van der Waals surface area contributed by atoms with Crippen molar-refractivity contribution < 1.29 is 10.2 Å². The van der Waals surface area contributed by atoms with E-state index in [0.29, 0.717) is 0 Å². The normalized spacial score (nSPS) is 30.9. The molecule has 0 aromatic carbocycles. The van der Waals surface area contributed by atoms with Gasteiger partial charge in [0.15, 0.2) is 0 Å². The molecule has 88 valence electrons. The molecule has 0 aromatic heterocycles. The Morgan fingerprint density at radius 2 is 2.33 bits per heavy atom. The Hall–Kier alpha value is 0.350. The molecule has 0 radical (unpaired) electrons. The molecule has 1 aliphatic rings. The van der Waals surface area contributed by atoms with Crippen LogP contribution in [0.4, 0.5) is 0 Å². The number of likely N-dealkylation sites (tertiary alicyclic amines) is 1. The minimum Gasteiger partial charge on any atom is -0.393 e. The van der Waals surface area contributed by atoms with Crippen LogP contribution in [0, 0.1) is 5.92 Å². The highest BCUT2D eigenvalue weighted by Crippen LogP contribution is 2.22. The van der Waals surface area contributed by atoms with E-state index in [2.05, 4.69) is 27.5 Å². The van der Waals surface area contributed by atoms with Crippen molar-refractivity contribution in [2.75, 3.05) is 20.1 Å². The molecule has 1 fully saturated rings. The second kappa shape index (κ2) is 6.83. The Labute approximate surface area is 105 Å². The fourth-order valence-electron chi connectivity index (χ4n) is 2.06. The van der Waals surface area contributed by atoms with Crippen LogP contribution in [0.2, 0.25) is 0 Å². The first-order chi connectivity index (χ1) is 7.15. The molecule has 1 aliphatic heterocycles. The van der Waals surface area contributed by atoms with Gasteiger partial charge in [-0.05, 0) is 30.4 Å². The summed E-state index contributed by atoms with van der Waals surface area (Å²) in [5.74, 6) is 0.0198. The molecule has 0 amide bonds. The Bertz CT molecular complexity index is 211. The maximum Gasteiger partial charge on any atom is 0.0617 e. The summed E-state index contributed by atoms with van der Waals surface area (Å²) >= 11 is 2.18. The van der Waals surface area contributed by atoms with Gasteiger partial charge in [0.05, 0.1) is 12.2 Å². The molecule has 1 heterocycles. The number of rotatable bonds is 4. The number of aliphatic hydroxyl groups is 2. The highest BCUT2D eigenvalue weighted by molar-refractivity contribution is 14.1. The average Bonchev–Trinajstić information content (AvgIpc) is 2.22. The molecule has 0 saturated carbocycles.